The summed E-state index contributed by atoms with van der Waals surface area (Å²) in [6.07, 6.45) is 1.33. The number of aryl methyl sites for hydroxylation is 1. The summed E-state index contributed by atoms with van der Waals surface area (Å²) in [5, 5.41) is 12.6. The molecule has 0 atom stereocenters. The second-order valence-corrected chi connectivity index (χ2v) is 9.37. The van der Waals surface area contributed by atoms with E-state index in [1.807, 2.05) is 13.0 Å². The maximum atomic E-state index is 12.6. The van der Waals surface area contributed by atoms with Gasteiger partial charge in [0.05, 0.1) is 17.2 Å². The molecule has 0 radical (unpaired) electrons. The molecular formula is C24H18Cl2N2O5S. The molecule has 7 nitrogen and oxygen atoms in total. The van der Waals surface area contributed by atoms with Crippen LogP contribution in [0.1, 0.15) is 11.1 Å². The molecule has 3 rings (SSSR count). The van der Waals surface area contributed by atoms with E-state index in [1.165, 1.54) is 55.7 Å². The molecule has 1 N–H and O–H groups in total. The highest BCUT2D eigenvalue weighted by molar-refractivity contribution is 7.87. The van der Waals surface area contributed by atoms with Crippen LogP contribution >= 0.6 is 23.2 Å². The maximum absolute atomic E-state index is 12.6. The number of anilines is 1. The van der Waals surface area contributed by atoms with Gasteiger partial charge in [0, 0.05) is 5.69 Å². The second kappa shape index (κ2) is 10.6. The Labute approximate surface area is 207 Å². The topological polar surface area (TPSA) is 105 Å². The summed E-state index contributed by atoms with van der Waals surface area (Å²) in [6.45, 7) is 1.84. The predicted octanol–water partition coefficient (Wildman–Crippen LogP) is 5.62. The Balaban J connectivity index is 1.84. The SMILES string of the molecule is COc1cc(/C=C(\C#N)C(=O)Nc2ccc(Cl)c(Cl)c2)ccc1OS(=O)(=O)c1ccc(C)cc1. The molecule has 0 aliphatic carbocycles. The minimum Gasteiger partial charge on any atom is -0.493 e. The Kier molecular flexibility index (Phi) is 7.84. The third-order valence-corrected chi connectivity index (χ3v) is 6.54. The minimum absolute atomic E-state index is 0.00475. The molecular weight excluding hydrogens is 499 g/mol. The number of halogens is 2. The summed E-state index contributed by atoms with van der Waals surface area (Å²) < 4.78 is 35.7. The van der Waals surface area contributed by atoms with Crippen LogP contribution in [0.2, 0.25) is 10.0 Å². The first kappa shape index (κ1) is 25.1. The number of hydrogen-bond donors (Lipinski definition) is 1. The maximum Gasteiger partial charge on any atom is 0.339 e. The Hall–Kier alpha value is -3.51. The molecule has 0 saturated heterocycles. The van der Waals surface area contributed by atoms with E-state index in [-0.39, 0.29) is 27.0 Å². The molecule has 0 aromatic heterocycles. The molecule has 0 aliphatic heterocycles. The van der Waals surface area contributed by atoms with Crippen molar-refractivity contribution in [3.05, 3.63) is 87.4 Å². The van der Waals surface area contributed by atoms with E-state index in [9.17, 15) is 18.5 Å². The molecule has 3 aromatic rings. The van der Waals surface area contributed by atoms with Crippen molar-refractivity contribution in [3.63, 3.8) is 0 Å². The van der Waals surface area contributed by atoms with Crippen LogP contribution in [-0.2, 0) is 14.9 Å². The van der Waals surface area contributed by atoms with Crippen molar-refractivity contribution in [1.29, 1.82) is 5.26 Å². The normalized spacial score (nSPS) is 11.4. The summed E-state index contributed by atoms with van der Waals surface area (Å²) in [7, 11) is -2.75. The monoisotopic (exact) mass is 516 g/mol. The van der Waals surface area contributed by atoms with Gasteiger partial charge in [0.2, 0.25) is 0 Å². The van der Waals surface area contributed by atoms with Crippen LogP contribution in [0.3, 0.4) is 0 Å². The van der Waals surface area contributed by atoms with Gasteiger partial charge < -0.3 is 14.2 Å². The summed E-state index contributed by atoms with van der Waals surface area (Å²) >= 11 is 11.8. The number of ether oxygens (including phenoxy) is 1. The number of rotatable bonds is 7. The number of benzene rings is 3. The van der Waals surface area contributed by atoms with Gasteiger partial charge in [-0.25, -0.2) is 0 Å². The lowest BCUT2D eigenvalue weighted by Gasteiger charge is -2.12. The van der Waals surface area contributed by atoms with Crippen molar-refractivity contribution in [1.82, 2.24) is 0 Å². The van der Waals surface area contributed by atoms with Gasteiger partial charge in [-0.2, -0.15) is 13.7 Å². The van der Waals surface area contributed by atoms with Crippen LogP contribution in [0, 0.1) is 18.3 Å². The largest absolute Gasteiger partial charge is 0.493 e. The molecule has 0 aliphatic rings. The van der Waals surface area contributed by atoms with Gasteiger partial charge in [0.25, 0.3) is 5.91 Å². The highest BCUT2D eigenvalue weighted by Crippen LogP contribution is 2.32. The fourth-order valence-electron chi connectivity index (χ4n) is 2.80. The zero-order valence-electron chi connectivity index (χ0n) is 18.0. The number of amides is 1. The predicted molar refractivity (Wildman–Crippen MR) is 131 cm³/mol. The summed E-state index contributed by atoms with van der Waals surface area (Å²) in [5.74, 6) is -0.604. The number of carbonyl (C=O) groups excluding carboxylic acids is 1. The van der Waals surface area contributed by atoms with Gasteiger partial charge >= 0.3 is 10.1 Å². The quantitative estimate of drug-likeness (QED) is 0.248. The Bertz CT molecular complexity index is 1410. The molecule has 0 spiro atoms. The van der Waals surface area contributed by atoms with Crippen LogP contribution in [-0.4, -0.2) is 21.4 Å². The van der Waals surface area contributed by atoms with Gasteiger partial charge in [0.15, 0.2) is 11.5 Å². The first-order valence-electron chi connectivity index (χ1n) is 9.70. The van der Waals surface area contributed by atoms with Crippen molar-refractivity contribution in [2.24, 2.45) is 0 Å². The van der Waals surface area contributed by atoms with E-state index in [4.69, 9.17) is 32.1 Å². The van der Waals surface area contributed by atoms with E-state index in [2.05, 4.69) is 5.32 Å². The lowest BCUT2D eigenvalue weighted by atomic mass is 10.1. The first-order chi connectivity index (χ1) is 16.1. The van der Waals surface area contributed by atoms with Crippen molar-refractivity contribution < 1.29 is 22.1 Å². The average molecular weight is 517 g/mol. The highest BCUT2D eigenvalue weighted by atomic mass is 35.5. The van der Waals surface area contributed by atoms with E-state index in [1.54, 1.807) is 18.2 Å². The molecule has 1 amide bonds. The van der Waals surface area contributed by atoms with Crippen molar-refractivity contribution in [2.45, 2.75) is 11.8 Å². The molecule has 0 saturated carbocycles. The fraction of sp³-hybridized carbons (Fsp3) is 0.0833. The molecule has 3 aromatic carbocycles. The van der Waals surface area contributed by atoms with Gasteiger partial charge in [-0.05, 0) is 61.0 Å². The van der Waals surface area contributed by atoms with Gasteiger partial charge in [-0.15, -0.1) is 0 Å². The van der Waals surface area contributed by atoms with Gasteiger partial charge in [-0.3, -0.25) is 4.79 Å². The van der Waals surface area contributed by atoms with Crippen molar-refractivity contribution in [2.75, 3.05) is 12.4 Å². The van der Waals surface area contributed by atoms with Gasteiger partial charge in [0.1, 0.15) is 16.5 Å². The zero-order chi connectivity index (χ0) is 24.9. The number of nitrogens with zero attached hydrogens (tertiary/aromatic N) is 1. The molecule has 0 bridgehead atoms. The highest BCUT2D eigenvalue weighted by Gasteiger charge is 2.19. The van der Waals surface area contributed by atoms with E-state index in [0.29, 0.717) is 16.3 Å². The number of nitriles is 1. The molecule has 34 heavy (non-hydrogen) atoms. The Morgan fingerprint density at radius 2 is 1.71 bits per heavy atom. The Morgan fingerprint density at radius 1 is 1.00 bits per heavy atom. The zero-order valence-corrected chi connectivity index (χ0v) is 20.3. The smallest absolute Gasteiger partial charge is 0.339 e. The molecule has 0 unspecified atom stereocenters. The van der Waals surface area contributed by atoms with Crippen molar-refractivity contribution >= 4 is 51.0 Å². The minimum atomic E-state index is -4.09. The van der Waals surface area contributed by atoms with E-state index < -0.39 is 16.0 Å². The third-order valence-electron chi connectivity index (χ3n) is 4.55. The summed E-state index contributed by atoms with van der Waals surface area (Å²) in [5.41, 5.74) is 1.49. The molecule has 0 fully saturated rings. The number of nitrogens with one attached hydrogen (secondary N) is 1. The van der Waals surface area contributed by atoms with E-state index >= 15 is 0 Å². The average Bonchev–Trinajstić information content (AvgIpc) is 2.80. The third kappa shape index (κ3) is 6.08. The first-order valence-corrected chi connectivity index (χ1v) is 11.9. The fourth-order valence-corrected chi connectivity index (χ4v) is 4.04. The van der Waals surface area contributed by atoms with E-state index in [0.717, 1.165) is 5.56 Å². The second-order valence-electron chi connectivity index (χ2n) is 7.01. The number of carbonyl (C=O) groups is 1. The standard InChI is InChI=1S/C24H18Cl2N2O5S/c1-15-3-7-19(8-4-15)34(30,31)33-22-10-5-16(12-23(22)32-2)11-17(14-27)24(29)28-18-6-9-20(25)21(26)13-18/h3-13H,1-2H3,(H,28,29)/b17-11+. The molecule has 0 heterocycles. The lowest BCUT2D eigenvalue weighted by Crippen LogP contribution is -2.13. The van der Waals surface area contributed by atoms with Crippen LogP contribution in [0.25, 0.3) is 6.08 Å². The van der Waals surface area contributed by atoms with Crippen molar-refractivity contribution in [3.8, 4) is 17.6 Å². The molecule has 174 valence electrons. The number of hydrogen-bond acceptors (Lipinski definition) is 6. The number of methoxy groups -OCH3 is 1. The van der Waals surface area contributed by atoms with Crippen LogP contribution in [0.5, 0.6) is 11.5 Å². The molecule has 10 heteroatoms. The lowest BCUT2D eigenvalue weighted by molar-refractivity contribution is -0.112. The van der Waals surface area contributed by atoms with Crippen LogP contribution in [0.15, 0.2) is 71.1 Å². The summed E-state index contributed by atoms with van der Waals surface area (Å²) in [6, 6.07) is 16.9. The van der Waals surface area contributed by atoms with Crippen LogP contribution in [0.4, 0.5) is 5.69 Å². The Morgan fingerprint density at radius 3 is 2.32 bits per heavy atom. The van der Waals surface area contributed by atoms with Crippen LogP contribution < -0.4 is 14.2 Å². The van der Waals surface area contributed by atoms with Gasteiger partial charge in [-0.1, -0.05) is 47.0 Å². The summed E-state index contributed by atoms with van der Waals surface area (Å²) in [4.78, 5) is 12.5.